The van der Waals surface area contributed by atoms with Crippen molar-refractivity contribution in [1.29, 1.82) is 0 Å². The van der Waals surface area contributed by atoms with Crippen LogP contribution in [0, 0.1) is 6.92 Å². The number of aryl methyl sites for hydroxylation is 1. The van der Waals surface area contributed by atoms with Crippen LogP contribution in [0.5, 0.6) is 0 Å². The van der Waals surface area contributed by atoms with E-state index in [9.17, 15) is 0 Å². The normalized spacial score (nSPS) is 12.4. The van der Waals surface area contributed by atoms with E-state index in [1.165, 1.54) is 22.4 Å². The third kappa shape index (κ3) is 4.35. The largest absolute Gasteiger partial charge is 0.385 e. The van der Waals surface area contributed by atoms with Gasteiger partial charge in [-0.05, 0) is 50.1 Å². The Labute approximate surface area is 135 Å². The molecule has 0 heterocycles. The first kappa shape index (κ1) is 16.6. The predicted octanol–water partition coefficient (Wildman–Crippen LogP) is 5.01. The minimum Gasteiger partial charge on any atom is -0.385 e. The lowest BCUT2D eigenvalue weighted by atomic mass is 10.0. The molecular weight excluding hydrogens is 268 g/mol. The van der Waals surface area contributed by atoms with Crippen LogP contribution in [0.25, 0.3) is 0 Å². The van der Waals surface area contributed by atoms with E-state index >= 15 is 0 Å². The summed E-state index contributed by atoms with van der Waals surface area (Å²) in [6.07, 6.45) is 1.15. The summed E-state index contributed by atoms with van der Waals surface area (Å²) >= 11 is 0. The first-order chi connectivity index (χ1) is 10.6. The molecule has 22 heavy (non-hydrogen) atoms. The molecule has 0 radical (unpaired) electrons. The number of benzene rings is 2. The molecule has 0 aromatic heterocycles. The number of nitrogens with zero attached hydrogens (tertiary/aromatic N) is 1. The summed E-state index contributed by atoms with van der Waals surface area (Å²) < 4.78 is 0. The molecule has 2 aromatic rings. The maximum atomic E-state index is 3.53. The van der Waals surface area contributed by atoms with Crippen LogP contribution in [0.2, 0.25) is 0 Å². The van der Waals surface area contributed by atoms with E-state index in [1.54, 1.807) is 0 Å². The van der Waals surface area contributed by atoms with E-state index in [-0.39, 0.29) is 0 Å². The topological polar surface area (TPSA) is 15.3 Å². The molecule has 0 saturated heterocycles. The SMILES string of the molecule is CCCNc1cc(C(C)N(C)Cc2ccccc2)ccc1C. The van der Waals surface area contributed by atoms with E-state index in [0.717, 1.165) is 19.5 Å². The Kier molecular flexibility index (Phi) is 6.02. The van der Waals surface area contributed by atoms with Crippen molar-refractivity contribution in [1.82, 2.24) is 4.90 Å². The molecule has 2 heteroatoms. The summed E-state index contributed by atoms with van der Waals surface area (Å²) in [5.74, 6) is 0. The quantitative estimate of drug-likeness (QED) is 0.772. The van der Waals surface area contributed by atoms with Crippen molar-refractivity contribution in [2.75, 3.05) is 18.9 Å². The van der Waals surface area contributed by atoms with Crippen LogP contribution < -0.4 is 5.32 Å². The standard InChI is InChI=1S/C20H28N2/c1-5-13-21-20-14-19(12-11-16(20)2)17(3)22(4)15-18-9-7-6-8-10-18/h6-12,14,17,21H,5,13,15H2,1-4H3. The zero-order valence-corrected chi connectivity index (χ0v) is 14.3. The zero-order chi connectivity index (χ0) is 15.9. The molecule has 2 aromatic carbocycles. The minimum absolute atomic E-state index is 0.392. The van der Waals surface area contributed by atoms with Crippen molar-refractivity contribution in [3.05, 3.63) is 65.2 Å². The Morgan fingerprint density at radius 2 is 1.82 bits per heavy atom. The highest BCUT2D eigenvalue weighted by Gasteiger charge is 2.13. The fourth-order valence-corrected chi connectivity index (χ4v) is 2.61. The molecule has 0 bridgehead atoms. The average molecular weight is 296 g/mol. The maximum Gasteiger partial charge on any atom is 0.0373 e. The Hall–Kier alpha value is -1.80. The molecule has 0 saturated carbocycles. The molecule has 0 fully saturated rings. The van der Waals surface area contributed by atoms with Crippen LogP contribution in [-0.4, -0.2) is 18.5 Å². The molecule has 2 rings (SSSR count). The van der Waals surface area contributed by atoms with E-state index < -0.39 is 0 Å². The van der Waals surface area contributed by atoms with Gasteiger partial charge in [-0.25, -0.2) is 0 Å². The fourth-order valence-electron chi connectivity index (χ4n) is 2.61. The molecular formula is C20H28N2. The maximum absolute atomic E-state index is 3.53. The van der Waals surface area contributed by atoms with Crippen LogP contribution in [-0.2, 0) is 6.54 Å². The number of rotatable bonds is 7. The van der Waals surface area contributed by atoms with Crippen molar-refractivity contribution in [2.24, 2.45) is 0 Å². The second-order valence-electron chi connectivity index (χ2n) is 6.08. The predicted molar refractivity (Wildman–Crippen MR) is 96.3 cm³/mol. The Morgan fingerprint density at radius 3 is 2.50 bits per heavy atom. The van der Waals surface area contributed by atoms with Crippen molar-refractivity contribution >= 4 is 5.69 Å². The van der Waals surface area contributed by atoms with Crippen molar-refractivity contribution in [3.8, 4) is 0 Å². The minimum atomic E-state index is 0.392. The molecule has 0 aliphatic heterocycles. The van der Waals surface area contributed by atoms with Gasteiger partial charge in [0.2, 0.25) is 0 Å². The summed E-state index contributed by atoms with van der Waals surface area (Å²) in [4.78, 5) is 2.39. The van der Waals surface area contributed by atoms with Crippen molar-refractivity contribution < 1.29 is 0 Å². The number of hydrogen-bond acceptors (Lipinski definition) is 2. The molecule has 1 unspecified atom stereocenters. The molecule has 2 nitrogen and oxygen atoms in total. The van der Waals surface area contributed by atoms with Crippen LogP contribution in [0.3, 0.4) is 0 Å². The number of hydrogen-bond donors (Lipinski definition) is 1. The highest BCUT2D eigenvalue weighted by atomic mass is 15.1. The van der Waals surface area contributed by atoms with Crippen molar-refractivity contribution in [2.45, 2.75) is 39.8 Å². The van der Waals surface area contributed by atoms with Crippen LogP contribution in [0.4, 0.5) is 5.69 Å². The fraction of sp³-hybridized carbons (Fsp3) is 0.400. The van der Waals surface area contributed by atoms with Gasteiger partial charge < -0.3 is 5.32 Å². The zero-order valence-electron chi connectivity index (χ0n) is 14.3. The Bertz CT molecular complexity index is 578. The van der Waals surface area contributed by atoms with E-state index in [1.807, 2.05) is 0 Å². The second-order valence-corrected chi connectivity index (χ2v) is 6.08. The van der Waals surface area contributed by atoms with E-state index in [0.29, 0.717) is 6.04 Å². The van der Waals surface area contributed by atoms with Gasteiger partial charge in [0, 0.05) is 24.8 Å². The average Bonchev–Trinajstić information content (AvgIpc) is 2.54. The van der Waals surface area contributed by atoms with Gasteiger partial charge in [-0.15, -0.1) is 0 Å². The number of nitrogens with one attached hydrogen (secondary N) is 1. The molecule has 0 aliphatic carbocycles. The van der Waals surface area contributed by atoms with Crippen LogP contribution in [0.15, 0.2) is 48.5 Å². The van der Waals surface area contributed by atoms with Gasteiger partial charge in [0.05, 0.1) is 0 Å². The summed E-state index contributed by atoms with van der Waals surface area (Å²) in [6.45, 7) is 8.63. The molecule has 0 aliphatic rings. The number of anilines is 1. The third-order valence-corrected chi connectivity index (χ3v) is 4.25. The summed E-state index contributed by atoms with van der Waals surface area (Å²) in [6, 6.07) is 17.8. The van der Waals surface area contributed by atoms with E-state index in [2.05, 4.69) is 86.6 Å². The van der Waals surface area contributed by atoms with Crippen LogP contribution in [0.1, 0.15) is 43.0 Å². The van der Waals surface area contributed by atoms with Gasteiger partial charge in [-0.1, -0.05) is 49.4 Å². The molecule has 1 N–H and O–H groups in total. The monoisotopic (exact) mass is 296 g/mol. The summed E-state index contributed by atoms with van der Waals surface area (Å²) in [5, 5.41) is 3.53. The molecule has 118 valence electrons. The lowest BCUT2D eigenvalue weighted by Gasteiger charge is -2.26. The first-order valence-corrected chi connectivity index (χ1v) is 8.20. The Balaban J connectivity index is 2.09. The second kappa shape index (κ2) is 8.00. The van der Waals surface area contributed by atoms with Gasteiger partial charge in [0.25, 0.3) is 0 Å². The van der Waals surface area contributed by atoms with Gasteiger partial charge in [-0.2, -0.15) is 0 Å². The highest BCUT2D eigenvalue weighted by molar-refractivity contribution is 5.53. The van der Waals surface area contributed by atoms with Gasteiger partial charge in [-0.3, -0.25) is 4.90 Å². The van der Waals surface area contributed by atoms with Crippen LogP contribution >= 0.6 is 0 Å². The lowest BCUT2D eigenvalue weighted by Crippen LogP contribution is -2.22. The smallest absolute Gasteiger partial charge is 0.0373 e. The molecule has 0 amide bonds. The highest BCUT2D eigenvalue weighted by Crippen LogP contribution is 2.25. The summed E-state index contributed by atoms with van der Waals surface area (Å²) in [7, 11) is 2.19. The van der Waals surface area contributed by atoms with E-state index in [4.69, 9.17) is 0 Å². The Morgan fingerprint density at radius 1 is 1.09 bits per heavy atom. The molecule has 1 atom stereocenters. The summed E-state index contributed by atoms with van der Waals surface area (Å²) in [5.41, 5.74) is 5.30. The first-order valence-electron chi connectivity index (χ1n) is 8.20. The lowest BCUT2D eigenvalue weighted by molar-refractivity contribution is 0.253. The van der Waals surface area contributed by atoms with Gasteiger partial charge >= 0.3 is 0 Å². The van der Waals surface area contributed by atoms with Crippen molar-refractivity contribution in [3.63, 3.8) is 0 Å². The van der Waals surface area contributed by atoms with Gasteiger partial charge in [0.1, 0.15) is 0 Å². The van der Waals surface area contributed by atoms with Gasteiger partial charge in [0.15, 0.2) is 0 Å². The molecule has 0 spiro atoms. The third-order valence-electron chi connectivity index (χ3n) is 4.25.